The molecule has 212 valence electrons. The maximum atomic E-state index is 13.3. The quantitative estimate of drug-likeness (QED) is 0.211. The van der Waals surface area contributed by atoms with Crippen LogP contribution in [0.1, 0.15) is 90.0 Å². The van der Waals surface area contributed by atoms with E-state index in [-0.39, 0.29) is 17.8 Å². The minimum atomic E-state index is -0.610. The SMILES string of the molecule is Cc1c(C)n(Cc2cccc(OC(C)c3n[nH]c(=O)o3)c2)c2ccc(C(=O)N[C@@H](C)c3cccc(C(C)C)c3)cc12. The Labute approximate surface area is 239 Å². The van der Waals surface area contributed by atoms with Crippen LogP contribution in [0.15, 0.2) is 75.9 Å². The van der Waals surface area contributed by atoms with Gasteiger partial charge in [-0.05, 0) is 86.2 Å². The van der Waals surface area contributed by atoms with E-state index >= 15 is 0 Å². The first-order valence-electron chi connectivity index (χ1n) is 13.9. The van der Waals surface area contributed by atoms with Gasteiger partial charge in [0.25, 0.3) is 11.8 Å². The molecule has 0 aliphatic carbocycles. The van der Waals surface area contributed by atoms with Crippen LogP contribution in [0.4, 0.5) is 0 Å². The number of amides is 1. The van der Waals surface area contributed by atoms with Crippen molar-refractivity contribution in [3.8, 4) is 5.75 Å². The lowest BCUT2D eigenvalue weighted by Crippen LogP contribution is -2.26. The molecule has 0 aliphatic rings. The predicted molar refractivity (Wildman–Crippen MR) is 160 cm³/mol. The third-order valence-electron chi connectivity index (χ3n) is 7.68. The van der Waals surface area contributed by atoms with E-state index in [4.69, 9.17) is 9.15 Å². The van der Waals surface area contributed by atoms with E-state index in [2.05, 4.69) is 72.0 Å². The van der Waals surface area contributed by atoms with Crippen molar-refractivity contribution in [2.75, 3.05) is 0 Å². The Hall–Kier alpha value is -4.59. The van der Waals surface area contributed by atoms with Gasteiger partial charge in [0.15, 0.2) is 6.10 Å². The van der Waals surface area contributed by atoms with Gasteiger partial charge >= 0.3 is 5.76 Å². The number of carbonyl (C=O) groups excluding carboxylic acids is 1. The lowest BCUT2D eigenvalue weighted by molar-refractivity contribution is 0.0940. The van der Waals surface area contributed by atoms with Gasteiger partial charge in [0, 0.05) is 28.7 Å². The summed E-state index contributed by atoms with van der Waals surface area (Å²) in [6.45, 7) is 13.0. The summed E-state index contributed by atoms with van der Waals surface area (Å²) in [5.74, 6) is 0.576. The summed E-state index contributed by atoms with van der Waals surface area (Å²) < 4.78 is 13.2. The van der Waals surface area contributed by atoms with Crippen molar-refractivity contribution in [2.45, 2.75) is 66.2 Å². The monoisotopic (exact) mass is 552 g/mol. The predicted octanol–water partition coefficient (Wildman–Crippen LogP) is 6.74. The fraction of sp³-hybridized carbons (Fsp3) is 0.303. The van der Waals surface area contributed by atoms with Crippen molar-refractivity contribution < 1.29 is 13.9 Å². The van der Waals surface area contributed by atoms with Gasteiger partial charge in [-0.2, -0.15) is 0 Å². The molecular formula is C33H36N4O4. The summed E-state index contributed by atoms with van der Waals surface area (Å²) in [4.78, 5) is 24.5. The van der Waals surface area contributed by atoms with Crippen LogP contribution in [0.25, 0.3) is 10.9 Å². The van der Waals surface area contributed by atoms with Crippen LogP contribution in [0.3, 0.4) is 0 Å². The van der Waals surface area contributed by atoms with Gasteiger partial charge in [-0.1, -0.05) is 50.2 Å². The maximum absolute atomic E-state index is 13.3. The molecule has 2 atom stereocenters. The number of aromatic amines is 1. The van der Waals surface area contributed by atoms with Crippen LogP contribution in [0.2, 0.25) is 0 Å². The van der Waals surface area contributed by atoms with Crippen LogP contribution in [-0.2, 0) is 6.54 Å². The fourth-order valence-electron chi connectivity index (χ4n) is 5.12. The van der Waals surface area contributed by atoms with Crippen molar-refractivity contribution in [1.29, 1.82) is 0 Å². The number of H-pyrrole nitrogens is 1. The number of nitrogens with one attached hydrogen (secondary N) is 2. The highest BCUT2D eigenvalue weighted by Gasteiger charge is 2.18. The molecule has 0 spiro atoms. The van der Waals surface area contributed by atoms with E-state index in [1.807, 2.05) is 49.4 Å². The highest BCUT2D eigenvalue weighted by Crippen LogP contribution is 2.29. The van der Waals surface area contributed by atoms with Crippen LogP contribution < -0.4 is 15.8 Å². The molecule has 2 aromatic heterocycles. The number of nitrogens with zero attached hydrogens (tertiary/aromatic N) is 2. The first kappa shape index (κ1) is 28.0. The zero-order valence-corrected chi connectivity index (χ0v) is 24.3. The molecule has 8 nitrogen and oxygen atoms in total. The zero-order chi connectivity index (χ0) is 29.3. The second kappa shape index (κ2) is 11.5. The molecule has 1 unspecified atom stereocenters. The van der Waals surface area contributed by atoms with E-state index < -0.39 is 11.9 Å². The molecule has 0 bridgehead atoms. The summed E-state index contributed by atoms with van der Waals surface area (Å²) in [7, 11) is 0. The standard InChI is InChI=1S/C33H36N4O4/c1-19(2)25-10-8-11-26(16-25)21(4)34-31(38)27-13-14-30-29(17-27)20(3)22(5)37(30)18-24-9-7-12-28(15-24)40-23(6)32-35-36-33(39)41-32/h7-17,19,21,23H,18H2,1-6H3,(H,34,38)(H,36,39)/t21-,23?/m0/s1. The number of aryl methyl sites for hydroxylation is 1. The number of aromatic nitrogens is 3. The van der Waals surface area contributed by atoms with Gasteiger partial charge in [0.2, 0.25) is 0 Å². The second-order valence-corrected chi connectivity index (χ2v) is 10.9. The Morgan fingerprint density at radius 1 is 1.00 bits per heavy atom. The maximum Gasteiger partial charge on any atom is 0.434 e. The minimum absolute atomic E-state index is 0.0918. The third-order valence-corrected chi connectivity index (χ3v) is 7.68. The highest BCUT2D eigenvalue weighted by molar-refractivity contribution is 5.99. The summed E-state index contributed by atoms with van der Waals surface area (Å²) in [5.41, 5.74) is 7.38. The van der Waals surface area contributed by atoms with Crippen molar-refractivity contribution in [2.24, 2.45) is 0 Å². The lowest BCUT2D eigenvalue weighted by atomic mass is 9.98. The Kier molecular flexibility index (Phi) is 7.83. The lowest BCUT2D eigenvalue weighted by Gasteiger charge is -2.16. The molecule has 0 saturated heterocycles. The second-order valence-electron chi connectivity index (χ2n) is 10.9. The minimum Gasteiger partial charge on any atom is -0.481 e. The molecule has 1 amide bonds. The topological polar surface area (TPSA) is 102 Å². The molecule has 0 radical (unpaired) electrons. The molecule has 5 rings (SSSR count). The van der Waals surface area contributed by atoms with E-state index in [0.717, 1.165) is 33.3 Å². The number of carbonyl (C=O) groups is 1. The van der Waals surface area contributed by atoms with Crippen molar-refractivity contribution in [3.63, 3.8) is 0 Å². The molecule has 0 aliphatic heterocycles. The number of rotatable bonds is 9. The van der Waals surface area contributed by atoms with E-state index in [1.165, 1.54) is 5.56 Å². The molecule has 41 heavy (non-hydrogen) atoms. The molecule has 2 heterocycles. The highest BCUT2D eigenvalue weighted by atomic mass is 16.5. The number of hydrogen-bond acceptors (Lipinski definition) is 5. The average Bonchev–Trinajstić information content (AvgIpc) is 3.50. The summed E-state index contributed by atoms with van der Waals surface area (Å²) in [5, 5.41) is 10.3. The van der Waals surface area contributed by atoms with Crippen LogP contribution in [0, 0.1) is 13.8 Å². The Morgan fingerprint density at radius 3 is 2.49 bits per heavy atom. The number of ether oxygens (including phenoxy) is 1. The summed E-state index contributed by atoms with van der Waals surface area (Å²) in [6.07, 6.45) is -0.521. The van der Waals surface area contributed by atoms with Crippen molar-refractivity contribution >= 4 is 16.8 Å². The van der Waals surface area contributed by atoms with Gasteiger partial charge in [-0.25, -0.2) is 9.89 Å². The Bertz CT molecular complexity index is 1760. The first-order chi connectivity index (χ1) is 19.6. The van der Waals surface area contributed by atoms with E-state index in [1.54, 1.807) is 6.92 Å². The molecule has 2 N–H and O–H groups in total. The van der Waals surface area contributed by atoms with Gasteiger partial charge in [-0.15, -0.1) is 5.10 Å². The van der Waals surface area contributed by atoms with Crippen molar-refractivity contribution in [1.82, 2.24) is 20.1 Å². The number of hydrogen-bond donors (Lipinski definition) is 2. The Morgan fingerprint density at radius 2 is 1.76 bits per heavy atom. The normalized spacial score (nSPS) is 13.0. The molecular weight excluding hydrogens is 516 g/mol. The first-order valence-corrected chi connectivity index (χ1v) is 13.9. The van der Waals surface area contributed by atoms with Gasteiger partial charge in [-0.3, -0.25) is 4.79 Å². The summed E-state index contributed by atoms with van der Waals surface area (Å²) >= 11 is 0. The Balaban J connectivity index is 1.34. The molecule has 8 heteroatoms. The zero-order valence-electron chi connectivity index (χ0n) is 24.3. The average molecular weight is 553 g/mol. The van der Waals surface area contributed by atoms with Gasteiger partial charge < -0.3 is 19.0 Å². The molecule has 5 aromatic rings. The number of benzene rings is 3. The van der Waals surface area contributed by atoms with Crippen LogP contribution in [0.5, 0.6) is 5.75 Å². The van der Waals surface area contributed by atoms with Crippen LogP contribution in [-0.4, -0.2) is 20.7 Å². The fourth-order valence-corrected chi connectivity index (χ4v) is 5.12. The number of fused-ring (bicyclic) bond motifs is 1. The van der Waals surface area contributed by atoms with Gasteiger partial charge in [0.1, 0.15) is 5.75 Å². The smallest absolute Gasteiger partial charge is 0.434 e. The molecule has 0 fully saturated rings. The van der Waals surface area contributed by atoms with E-state index in [0.29, 0.717) is 23.8 Å². The largest absolute Gasteiger partial charge is 0.481 e. The summed E-state index contributed by atoms with van der Waals surface area (Å²) in [6, 6.07) is 22.0. The molecule has 0 saturated carbocycles. The molecule has 3 aromatic carbocycles. The third kappa shape index (κ3) is 5.96. The van der Waals surface area contributed by atoms with Crippen LogP contribution >= 0.6 is 0 Å². The van der Waals surface area contributed by atoms with Gasteiger partial charge in [0.05, 0.1) is 6.04 Å². The van der Waals surface area contributed by atoms with E-state index in [9.17, 15) is 9.59 Å². The van der Waals surface area contributed by atoms with Crippen molar-refractivity contribution in [3.05, 3.63) is 117 Å².